The van der Waals surface area contributed by atoms with Crippen molar-refractivity contribution >= 4 is 13.9 Å². The van der Waals surface area contributed by atoms with Gasteiger partial charge >= 0.3 is 0 Å². The molecule has 0 amide bonds. The lowest BCUT2D eigenvalue weighted by Gasteiger charge is -2.32. The van der Waals surface area contributed by atoms with E-state index in [4.69, 9.17) is 0 Å². The van der Waals surface area contributed by atoms with Crippen molar-refractivity contribution in [2.24, 2.45) is 0 Å². The largest absolute Gasteiger partial charge is 0.507 e. The molecule has 136 valence electrons. The van der Waals surface area contributed by atoms with Gasteiger partial charge in [-0.05, 0) is 42.3 Å². The Balaban J connectivity index is 2.43. The van der Waals surface area contributed by atoms with Gasteiger partial charge in [-0.2, -0.15) is 0 Å². The summed E-state index contributed by atoms with van der Waals surface area (Å²) in [5.41, 5.74) is 4.74. The summed E-state index contributed by atoms with van der Waals surface area (Å²) >= 11 is 0. The number of nitrogens with one attached hydrogen (secondary N) is 1. The minimum Gasteiger partial charge on any atom is -0.507 e. The predicted molar refractivity (Wildman–Crippen MR) is 112 cm³/mol. The number of aromatic hydroxyl groups is 1. The van der Waals surface area contributed by atoms with Crippen LogP contribution in [0.4, 0.5) is 0 Å². The first kappa shape index (κ1) is 19.9. The van der Waals surface area contributed by atoms with Crippen molar-refractivity contribution < 1.29 is 5.11 Å². The van der Waals surface area contributed by atoms with Crippen LogP contribution in [0.5, 0.6) is 5.75 Å². The van der Waals surface area contributed by atoms with Crippen molar-refractivity contribution in [2.45, 2.75) is 65.7 Å². The fourth-order valence-corrected chi connectivity index (χ4v) is 4.77. The normalized spacial score (nSPS) is 14.4. The third-order valence-electron chi connectivity index (χ3n) is 5.00. The van der Waals surface area contributed by atoms with E-state index in [-0.39, 0.29) is 5.16 Å². The van der Waals surface area contributed by atoms with E-state index < -0.39 is 0 Å². The zero-order chi connectivity index (χ0) is 18.6. The summed E-state index contributed by atoms with van der Waals surface area (Å²) in [6.45, 7) is 13.9. The Bertz CT molecular complexity index is 726. The lowest BCUT2D eigenvalue weighted by Crippen LogP contribution is -2.27. The van der Waals surface area contributed by atoms with Crippen LogP contribution in [0.3, 0.4) is 0 Å². The molecule has 25 heavy (non-hydrogen) atoms. The van der Waals surface area contributed by atoms with Gasteiger partial charge in [0.15, 0.2) is 0 Å². The molecular formula is C22H32NOP. The van der Waals surface area contributed by atoms with Crippen molar-refractivity contribution in [1.29, 1.82) is 0 Å². The van der Waals surface area contributed by atoms with E-state index in [1.807, 2.05) is 13.0 Å². The van der Waals surface area contributed by atoms with E-state index in [2.05, 4.69) is 70.3 Å². The smallest absolute Gasteiger partial charge is 0.122 e. The first-order chi connectivity index (χ1) is 11.8. The summed E-state index contributed by atoms with van der Waals surface area (Å²) in [6, 6.07) is 13.2. The average Bonchev–Trinajstić information content (AvgIpc) is 2.57. The van der Waals surface area contributed by atoms with Crippen LogP contribution in [0.15, 0.2) is 36.4 Å². The van der Waals surface area contributed by atoms with Gasteiger partial charge in [0.2, 0.25) is 0 Å². The van der Waals surface area contributed by atoms with Crippen molar-refractivity contribution in [3.05, 3.63) is 58.7 Å². The summed E-state index contributed by atoms with van der Waals surface area (Å²) in [6.07, 6.45) is 0.994. The van der Waals surface area contributed by atoms with E-state index >= 15 is 0 Å². The summed E-state index contributed by atoms with van der Waals surface area (Å²) in [5, 5.41) is 15.6. The number of phenols is 1. The standard InChI is InChI=1S/C22H32NOP/c1-7-22(6,19-13-9-10-16(4)20(19)24)25-21-17(5)11-8-12-18(21)14-23-15(2)3/h8-13,15,23-25H,7,14H2,1-6H3. The monoisotopic (exact) mass is 357 g/mol. The summed E-state index contributed by atoms with van der Waals surface area (Å²) in [4.78, 5) is 0. The number of rotatable bonds is 7. The molecule has 2 aromatic rings. The third kappa shape index (κ3) is 4.63. The topological polar surface area (TPSA) is 32.3 Å². The minimum absolute atomic E-state index is 0.0607. The first-order valence-corrected chi connectivity index (χ1v) is 10.2. The molecule has 2 rings (SSSR count). The second kappa shape index (κ2) is 8.34. The lowest BCUT2D eigenvalue weighted by molar-refractivity contribution is 0.452. The Hall–Kier alpha value is -1.37. The maximum atomic E-state index is 10.6. The van der Waals surface area contributed by atoms with Crippen LogP contribution >= 0.6 is 8.58 Å². The predicted octanol–water partition coefficient (Wildman–Crippen LogP) is 5.14. The second-order valence-electron chi connectivity index (χ2n) is 7.43. The van der Waals surface area contributed by atoms with Gasteiger partial charge in [-0.3, -0.25) is 0 Å². The van der Waals surface area contributed by atoms with E-state index in [1.165, 1.54) is 16.4 Å². The molecular weight excluding hydrogens is 325 g/mol. The van der Waals surface area contributed by atoms with Crippen molar-refractivity contribution in [3.8, 4) is 5.75 Å². The van der Waals surface area contributed by atoms with E-state index in [0.717, 1.165) is 24.1 Å². The first-order valence-electron chi connectivity index (χ1n) is 9.17. The van der Waals surface area contributed by atoms with Gasteiger partial charge in [0.1, 0.15) is 5.75 Å². The molecule has 0 heterocycles. The number of para-hydroxylation sites is 1. The summed E-state index contributed by atoms with van der Waals surface area (Å²) < 4.78 is 0. The van der Waals surface area contributed by atoms with Crippen LogP contribution < -0.4 is 10.6 Å². The highest BCUT2D eigenvalue weighted by molar-refractivity contribution is 7.48. The zero-order valence-electron chi connectivity index (χ0n) is 16.4. The summed E-state index contributed by atoms with van der Waals surface area (Å²) in [7, 11) is 0.620. The SMILES string of the molecule is CCC(C)(Pc1c(C)cccc1CNC(C)C)c1cccc(C)c1O. The molecule has 0 radical (unpaired) electrons. The van der Waals surface area contributed by atoms with Crippen molar-refractivity contribution in [3.63, 3.8) is 0 Å². The highest BCUT2D eigenvalue weighted by Gasteiger charge is 2.29. The molecule has 0 aliphatic rings. The van der Waals surface area contributed by atoms with E-state index in [1.54, 1.807) is 0 Å². The maximum Gasteiger partial charge on any atom is 0.122 e. The quantitative estimate of drug-likeness (QED) is 0.673. The highest BCUT2D eigenvalue weighted by atomic mass is 31.1. The molecule has 2 unspecified atom stereocenters. The Labute approximate surface area is 154 Å². The molecule has 0 spiro atoms. The highest BCUT2D eigenvalue weighted by Crippen LogP contribution is 2.48. The fourth-order valence-electron chi connectivity index (χ4n) is 3.10. The van der Waals surface area contributed by atoms with Crippen molar-refractivity contribution in [2.75, 3.05) is 0 Å². The number of hydrogen-bond donors (Lipinski definition) is 2. The molecule has 2 nitrogen and oxygen atoms in total. The Kier molecular flexibility index (Phi) is 6.65. The Morgan fingerprint density at radius 3 is 2.36 bits per heavy atom. The molecule has 0 aliphatic heterocycles. The molecule has 0 saturated heterocycles. The minimum atomic E-state index is -0.0607. The number of hydrogen-bond acceptors (Lipinski definition) is 2. The van der Waals surface area contributed by atoms with Gasteiger partial charge in [0.25, 0.3) is 0 Å². The van der Waals surface area contributed by atoms with Crippen molar-refractivity contribution in [1.82, 2.24) is 5.32 Å². The molecule has 3 heteroatoms. The van der Waals surface area contributed by atoms with Gasteiger partial charge < -0.3 is 10.4 Å². The Morgan fingerprint density at radius 2 is 1.72 bits per heavy atom. The number of benzene rings is 2. The van der Waals surface area contributed by atoms with Gasteiger partial charge in [-0.1, -0.05) is 72.7 Å². The van der Waals surface area contributed by atoms with Gasteiger partial charge in [0.05, 0.1) is 0 Å². The molecule has 0 aromatic heterocycles. The van der Waals surface area contributed by atoms with E-state index in [9.17, 15) is 5.11 Å². The van der Waals surface area contributed by atoms with Gasteiger partial charge in [-0.25, -0.2) is 0 Å². The van der Waals surface area contributed by atoms with E-state index in [0.29, 0.717) is 20.4 Å². The maximum absolute atomic E-state index is 10.6. The molecule has 0 bridgehead atoms. The average molecular weight is 357 g/mol. The molecule has 0 saturated carbocycles. The number of aryl methyl sites for hydroxylation is 2. The molecule has 2 N–H and O–H groups in total. The van der Waals surface area contributed by atoms with Crippen LogP contribution in [0.2, 0.25) is 0 Å². The molecule has 0 fully saturated rings. The van der Waals surface area contributed by atoms with Crippen LogP contribution in [-0.4, -0.2) is 11.1 Å². The van der Waals surface area contributed by atoms with Crippen LogP contribution in [0.25, 0.3) is 0 Å². The lowest BCUT2D eigenvalue weighted by atomic mass is 9.94. The molecule has 0 aliphatic carbocycles. The summed E-state index contributed by atoms with van der Waals surface area (Å²) in [5.74, 6) is 0.454. The number of phenolic OH excluding ortho intramolecular Hbond substituents is 1. The van der Waals surface area contributed by atoms with Crippen LogP contribution in [-0.2, 0) is 11.7 Å². The zero-order valence-corrected chi connectivity index (χ0v) is 17.4. The molecule has 2 atom stereocenters. The third-order valence-corrected chi connectivity index (χ3v) is 7.14. The Morgan fingerprint density at radius 1 is 1.08 bits per heavy atom. The van der Waals surface area contributed by atoms with Gasteiger partial charge in [0, 0.05) is 23.3 Å². The van der Waals surface area contributed by atoms with Crippen LogP contribution in [0.1, 0.15) is 56.4 Å². The molecule has 2 aromatic carbocycles. The van der Waals surface area contributed by atoms with Gasteiger partial charge in [-0.15, -0.1) is 0 Å². The fraction of sp³-hybridized carbons (Fsp3) is 0.455. The second-order valence-corrected chi connectivity index (χ2v) is 9.28. The van der Waals surface area contributed by atoms with Crippen LogP contribution in [0, 0.1) is 13.8 Å².